The Morgan fingerprint density at radius 2 is 1.87 bits per heavy atom. The van der Waals surface area contributed by atoms with E-state index in [-0.39, 0.29) is 0 Å². The first-order valence-corrected chi connectivity index (χ1v) is 6.04. The quantitative estimate of drug-likeness (QED) is 0.767. The van der Waals surface area contributed by atoms with E-state index in [2.05, 4.69) is 63.7 Å². The number of benzene rings is 1. The zero-order valence-electron chi connectivity index (χ0n) is 10.1. The Hall–Kier alpha value is -0.470. The van der Waals surface area contributed by atoms with Crippen LogP contribution >= 0.6 is 12.6 Å². The number of rotatable bonds is 4. The fourth-order valence-electron chi connectivity index (χ4n) is 1.82. The zero-order chi connectivity index (χ0) is 11.4. The Labute approximate surface area is 98.9 Å². The first-order chi connectivity index (χ1) is 7.06. The largest absolute Gasteiger partial charge is 0.302 e. The fourth-order valence-corrected chi connectivity index (χ4v) is 2.06. The Kier molecular flexibility index (Phi) is 4.68. The zero-order valence-corrected chi connectivity index (χ0v) is 11.0. The Balaban J connectivity index is 2.95. The maximum atomic E-state index is 4.32. The van der Waals surface area contributed by atoms with Gasteiger partial charge in [-0.25, -0.2) is 0 Å². The summed E-state index contributed by atoms with van der Waals surface area (Å²) < 4.78 is 0. The van der Waals surface area contributed by atoms with E-state index < -0.39 is 0 Å². The highest BCUT2D eigenvalue weighted by Gasteiger charge is 2.13. The Morgan fingerprint density at radius 1 is 1.20 bits per heavy atom. The summed E-state index contributed by atoms with van der Waals surface area (Å²) in [6, 6.07) is 7.22. The summed E-state index contributed by atoms with van der Waals surface area (Å²) in [6.07, 6.45) is 1.10. The van der Waals surface area contributed by atoms with Crippen molar-refractivity contribution in [1.29, 1.82) is 0 Å². The predicted molar refractivity (Wildman–Crippen MR) is 70.8 cm³/mol. The number of nitrogens with zero attached hydrogens (tertiary/aromatic N) is 1. The second-order valence-corrected chi connectivity index (χ2v) is 4.78. The number of thiol groups is 1. The first-order valence-electron chi connectivity index (χ1n) is 5.40. The second-order valence-electron chi connectivity index (χ2n) is 4.34. The third-order valence-electron chi connectivity index (χ3n) is 2.94. The van der Waals surface area contributed by atoms with E-state index in [4.69, 9.17) is 0 Å². The second kappa shape index (κ2) is 5.57. The van der Waals surface area contributed by atoms with Crippen molar-refractivity contribution in [1.82, 2.24) is 4.90 Å². The van der Waals surface area contributed by atoms with E-state index in [1.165, 1.54) is 16.7 Å². The normalized spacial score (nSPS) is 13.2. The molecule has 1 nitrogen and oxygen atoms in total. The van der Waals surface area contributed by atoms with Gasteiger partial charge in [-0.2, -0.15) is 12.6 Å². The molecule has 0 spiro atoms. The van der Waals surface area contributed by atoms with Gasteiger partial charge in [-0.1, -0.05) is 18.2 Å². The van der Waals surface area contributed by atoms with E-state index in [1.54, 1.807) is 0 Å². The smallest absolute Gasteiger partial charge is 0.0349 e. The molecule has 0 radical (unpaired) electrons. The van der Waals surface area contributed by atoms with E-state index in [0.717, 1.165) is 12.2 Å². The summed E-state index contributed by atoms with van der Waals surface area (Å²) in [5.74, 6) is 0.926. The maximum Gasteiger partial charge on any atom is 0.0349 e. The SMILES string of the molecule is Cc1ccc(C(CCS)N(C)C)cc1C. The minimum Gasteiger partial charge on any atom is -0.302 e. The lowest BCUT2D eigenvalue weighted by Crippen LogP contribution is -2.20. The summed E-state index contributed by atoms with van der Waals surface area (Å²) in [4.78, 5) is 2.26. The van der Waals surface area contributed by atoms with Gasteiger partial charge >= 0.3 is 0 Å². The standard InChI is InChI=1S/C13H21NS/c1-10-5-6-12(9-11(10)2)13(7-8-15)14(3)4/h5-6,9,13,15H,7-8H2,1-4H3. The molecule has 0 aliphatic carbocycles. The molecule has 0 bridgehead atoms. The van der Waals surface area contributed by atoms with Crippen LogP contribution in [0.2, 0.25) is 0 Å². The monoisotopic (exact) mass is 223 g/mol. The van der Waals surface area contributed by atoms with Crippen LogP contribution in [-0.2, 0) is 0 Å². The average Bonchev–Trinajstić information content (AvgIpc) is 2.18. The molecule has 0 amide bonds. The predicted octanol–water partition coefficient (Wildman–Crippen LogP) is 3.23. The highest BCUT2D eigenvalue weighted by Crippen LogP contribution is 2.24. The molecule has 1 atom stereocenters. The van der Waals surface area contributed by atoms with Gasteiger partial charge < -0.3 is 4.90 Å². The molecule has 0 aliphatic heterocycles. The van der Waals surface area contributed by atoms with Crippen molar-refractivity contribution >= 4 is 12.6 Å². The third-order valence-corrected chi connectivity index (χ3v) is 3.20. The van der Waals surface area contributed by atoms with Crippen LogP contribution in [0.1, 0.15) is 29.2 Å². The van der Waals surface area contributed by atoms with E-state index in [0.29, 0.717) is 6.04 Å². The number of hydrogen-bond acceptors (Lipinski definition) is 2. The highest BCUT2D eigenvalue weighted by atomic mass is 32.1. The molecule has 0 saturated carbocycles. The Bertz CT molecular complexity index is 320. The fraction of sp³-hybridized carbons (Fsp3) is 0.538. The molecule has 1 aromatic carbocycles. The molecule has 1 rings (SSSR count). The molecular formula is C13H21NS. The number of aryl methyl sites for hydroxylation is 2. The van der Waals surface area contributed by atoms with Gasteiger partial charge in [-0.15, -0.1) is 0 Å². The molecule has 1 unspecified atom stereocenters. The van der Waals surface area contributed by atoms with E-state index in [1.807, 2.05) is 0 Å². The van der Waals surface area contributed by atoms with Crippen molar-refractivity contribution in [2.75, 3.05) is 19.8 Å². The minimum absolute atomic E-state index is 0.488. The van der Waals surface area contributed by atoms with Gasteiger partial charge in [-0.05, 0) is 56.8 Å². The van der Waals surface area contributed by atoms with Crippen LogP contribution in [0, 0.1) is 13.8 Å². The highest BCUT2D eigenvalue weighted by molar-refractivity contribution is 7.80. The molecule has 0 N–H and O–H groups in total. The van der Waals surface area contributed by atoms with Gasteiger partial charge in [0.05, 0.1) is 0 Å². The van der Waals surface area contributed by atoms with Crippen LogP contribution in [0.4, 0.5) is 0 Å². The summed E-state index contributed by atoms with van der Waals surface area (Å²) in [7, 11) is 4.26. The number of hydrogen-bond donors (Lipinski definition) is 1. The Morgan fingerprint density at radius 3 is 2.33 bits per heavy atom. The van der Waals surface area contributed by atoms with Crippen molar-refractivity contribution in [3.05, 3.63) is 34.9 Å². The molecular weight excluding hydrogens is 202 g/mol. The van der Waals surface area contributed by atoms with Gasteiger partial charge in [0.25, 0.3) is 0 Å². The lowest BCUT2D eigenvalue weighted by Gasteiger charge is -2.24. The summed E-state index contributed by atoms with van der Waals surface area (Å²) in [5, 5.41) is 0. The van der Waals surface area contributed by atoms with Gasteiger partial charge in [0.2, 0.25) is 0 Å². The lowest BCUT2D eigenvalue weighted by molar-refractivity contribution is 0.293. The molecule has 15 heavy (non-hydrogen) atoms. The van der Waals surface area contributed by atoms with Crippen molar-refractivity contribution in [2.45, 2.75) is 26.3 Å². The third kappa shape index (κ3) is 3.25. The van der Waals surface area contributed by atoms with Gasteiger partial charge in [0.15, 0.2) is 0 Å². The first kappa shape index (κ1) is 12.6. The molecule has 0 saturated heterocycles. The van der Waals surface area contributed by atoms with Crippen LogP contribution in [0.15, 0.2) is 18.2 Å². The van der Waals surface area contributed by atoms with E-state index in [9.17, 15) is 0 Å². The molecule has 1 aromatic rings. The molecule has 0 aliphatic rings. The van der Waals surface area contributed by atoms with Crippen LogP contribution in [-0.4, -0.2) is 24.7 Å². The molecule has 0 fully saturated rings. The average molecular weight is 223 g/mol. The minimum atomic E-state index is 0.488. The summed E-state index contributed by atoms with van der Waals surface area (Å²) in [6.45, 7) is 4.33. The topological polar surface area (TPSA) is 3.24 Å². The molecule has 84 valence electrons. The van der Waals surface area contributed by atoms with Gasteiger partial charge in [-0.3, -0.25) is 0 Å². The van der Waals surface area contributed by atoms with Gasteiger partial charge in [0, 0.05) is 6.04 Å². The lowest BCUT2D eigenvalue weighted by atomic mass is 9.99. The van der Waals surface area contributed by atoms with Crippen LogP contribution in [0.25, 0.3) is 0 Å². The van der Waals surface area contributed by atoms with Crippen molar-refractivity contribution in [2.24, 2.45) is 0 Å². The van der Waals surface area contributed by atoms with E-state index >= 15 is 0 Å². The van der Waals surface area contributed by atoms with Crippen LogP contribution in [0.3, 0.4) is 0 Å². The summed E-state index contributed by atoms with van der Waals surface area (Å²) >= 11 is 4.32. The maximum absolute atomic E-state index is 4.32. The van der Waals surface area contributed by atoms with Crippen molar-refractivity contribution in [3.63, 3.8) is 0 Å². The summed E-state index contributed by atoms with van der Waals surface area (Å²) in [5.41, 5.74) is 4.14. The molecule has 0 heterocycles. The molecule has 0 aromatic heterocycles. The van der Waals surface area contributed by atoms with Crippen LogP contribution < -0.4 is 0 Å². The molecule has 2 heteroatoms. The van der Waals surface area contributed by atoms with Crippen LogP contribution in [0.5, 0.6) is 0 Å². The van der Waals surface area contributed by atoms with Crippen molar-refractivity contribution < 1.29 is 0 Å². The van der Waals surface area contributed by atoms with Gasteiger partial charge in [0.1, 0.15) is 0 Å². The van der Waals surface area contributed by atoms with Crippen molar-refractivity contribution in [3.8, 4) is 0 Å².